The van der Waals surface area contributed by atoms with Gasteiger partial charge in [-0.2, -0.15) is 0 Å². The highest BCUT2D eigenvalue weighted by molar-refractivity contribution is 5.80. The first-order chi connectivity index (χ1) is 9.83. The summed E-state index contributed by atoms with van der Waals surface area (Å²) in [6.45, 7) is 2.21. The molecule has 0 saturated heterocycles. The highest BCUT2D eigenvalue weighted by Gasteiger charge is 2.03. The summed E-state index contributed by atoms with van der Waals surface area (Å²) in [5.74, 6) is 0.890. The van der Waals surface area contributed by atoms with Crippen molar-refractivity contribution in [1.29, 1.82) is 0 Å². The summed E-state index contributed by atoms with van der Waals surface area (Å²) in [6.07, 6.45) is 7.45. The molecule has 0 N–H and O–H groups in total. The Bertz CT molecular complexity index is 543. The number of unbranched alkanes of at least 4 members (excludes halogenated alkanes) is 1. The van der Waals surface area contributed by atoms with E-state index in [1.807, 2.05) is 36.5 Å². The lowest BCUT2D eigenvalue weighted by Gasteiger charge is -2.08. The minimum Gasteiger partial charge on any atom is -0.497 e. The van der Waals surface area contributed by atoms with Crippen LogP contribution in [0.25, 0.3) is 11.6 Å². The Morgan fingerprint density at radius 1 is 1.15 bits per heavy atom. The predicted molar refractivity (Wildman–Crippen MR) is 84.6 cm³/mol. The van der Waals surface area contributed by atoms with Crippen molar-refractivity contribution in [3.8, 4) is 5.75 Å². The number of allylic oxidation sites excluding steroid dienone is 1. The van der Waals surface area contributed by atoms with Crippen LogP contribution in [0.15, 0.2) is 48.7 Å². The molecule has 104 valence electrons. The first kappa shape index (κ1) is 14.3. The van der Waals surface area contributed by atoms with Crippen LogP contribution < -0.4 is 4.74 Å². The molecule has 2 nitrogen and oxygen atoms in total. The molecule has 1 aromatic carbocycles. The molecule has 0 atom stereocenters. The van der Waals surface area contributed by atoms with Crippen molar-refractivity contribution in [2.24, 2.45) is 0 Å². The van der Waals surface area contributed by atoms with Crippen LogP contribution >= 0.6 is 0 Å². The van der Waals surface area contributed by atoms with Crippen LogP contribution in [0.2, 0.25) is 0 Å². The van der Waals surface area contributed by atoms with Gasteiger partial charge < -0.3 is 4.74 Å². The van der Waals surface area contributed by atoms with Gasteiger partial charge in [0.15, 0.2) is 0 Å². The van der Waals surface area contributed by atoms with Gasteiger partial charge >= 0.3 is 0 Å². The van der Waals surface area contributed by atoms with E-state index in [9.17, 15) is 0 Å². The van der Waals surface area contributed by atoms with Gasteiger partial charge in [0, 0.05) is 6.20 Å². The number of hydrogen-bond donors (Lipinski definition) is 0. The smallest absolute Gasteiger partial charge is 0.118 e. The molecule has 0 fully saturated rings. The summed E-state index contributed by atoms with van der Waals surface area (Å²) in [5.41, 5.74) is 3.58. The van der Waals surface area contributed by atoms with Crippen LogP contribution in [0.5, 0.6) is 5.75 Å². The summed E-state index contributed by atoms with van der Waals surface area (Å²) in [4.78, 5) is 4.38. The third-order valence-corrected chi connectivity index (χ3v) is 3.27. The van der Waals surface area contributed by atoms with Crippen LogP contribution in [0, 0.1) is 0 Å². The average molecular weight is 267 g/mol. The van der Waals surface area contributed by atoms with Crippen molar-refractivity contribution in [2.45, 2.75) is 26.2 Å². The number of ether oxygens (including phenoxy) is 1. The average Bonchev–Trinajstić information content (AvgIpc) is 2.52. The van der Waals surface area contributed by atoms with E-state index in [1.165, 1.54) is 24.0 Å². The Labute approximate surface area is 121 Å². The molecule has 2 aromatic rings. The maximum atomic E-state index is 5.22. The molecule has 0 bridgehead atoms. The van der Waals surface area contributed by atoms with E-state index in [1.54, 1.807) is 7.11 Å². The number of hydrogen-bond acceptors (Lipinski definition) is 2. The summed E-state index contributed by atoms with van der Waals surface area (Å²) < 4.78 is 5.22. The molecule has 0 spiro atoms. The molecule has 1 heterocycles. The number of pyridine rings is 1. The van der Waals surface area contributed by atoms with Gasteiger partial charge in [0.05, 0.1) is 12.8 Å². The van der Waals surface area contributed by atoms with E-state index in [-0.39, 0.29) is 0 Å². The summed E-state index contributed by atoms with van der Waals surface area (Å²) in [5, 5.41) is 0. The van der Waals surface area contributed by atoms with Crippen molar-refractivity contribution in [2.75, 3.05) is 7.11 Å². The van der Waals surface area contributed by atoms with E-state index in [4.69, 9.17) is 4.74 Å². The lowest BCUT2D eigenvalue weighted by atomic mass is 9.99. The Morgan fingerprint density at radius 2 is 1.95 bits per heavy atom. The fourth-order valence-corrected chi connectivity index (χ4v) is 2.11. The third-order valence-electron chi connectivity index (χ3n) is 3.27. The SMILES string of the molecule is CCCC/C(=C/c1ccccn1)c1ccc(OC)cc1. The Kier molecular flexibility index (Phi) is 5.36. The molecule has 0 aliphatic heterocycles. The maximum absolute atomic E-state index is 5.22. The highest BCUT2D eigenvalue weighted by Crippen LogP contribution is 2.25. The molecule has 0 unspecified atom stereocenters. The van der Waals surface area contributed by atoms with Gasteiger partial charge in [-0.05, 0) is 54.3 Å². The molecule has 20 heavy (non-hydrogen) atoms. The Balaban J connectivity index is 2.28. The molecule has 2 rings (SSSR count). The maximum Gasteiger partial charge on any atom is 0.118 e. The monoisotopic (exact) mass is 267 g/mol. The van der Waals surface area contributed by atoms with Crippen LogP contribution in [0.1, 0.15) is 37.4 Å². The van der Waals surface area contributed by atoms with E-state index in [0.717, 1.165) is 17.9 Å². The predicted octanol–water partition coefficient (Wildman–Crippen LogP) is 4.82. The normalized spacial score (nSPS) is 11.4. The quantitative estimate of drug-likeness (QED) is 0.748. The fourth-order valence-electron chi connectivity index (χ4n) is 2.11. The van der Waals surface area contributed by atoms with Crippen molar-refractivity contribution in [3.05, 3.63) is 59.9 Å². The topological polar surface area (TPSA) is 22.1 Å². The second-order valence-corrected chi connectivity index (χ2v) is 4.76. The van der Waals surface area contributed by atoms with Gasteiger partial charge in [0.25, 0.3) is 0 Å². The number of aromatic nitrogens is 1. The highest BCUT2D eigenvalue weighted by atomic mass is 16.5. The van der Waals surface area contributed by atoms with Crippen molar-refractivity contribution < 1.29 is 4.74 Å². The van der Waals surface area contributed by atoms with E-state index in [2.05, 4.69) is 30.1 Å². The molecule has 0 radical (unpaired) electrons. The molecule has 2 heteroatoms. The number of rotatable bonds is 6. The van der Waals surface area contributed by atoms with Gasteiger partial charge in [-0.15, -0.1) is 0 Å². The number of benzene rings is 1. The van der Waals surface area contributed by atoms with Crippen molar-refractivity contribution >= 4 is 11.6 Å². The zero-order valence-electron chi connectivity index (χ0n) is 12.2. The second kappa shape index (κ2) is 7.49. The first-order valence-electron chi connectivity index (χ1n) is 7.09. The molecule has 0 aliphatic carbocycles. The Hall–Kier alpha value is -2.09. The zero-order valence-corrected chi connectivity index (χ0v) is 12.2. The van der Waals surface area contributed by atoms with E-state index in [0.29, 0.717) is 0 Å². The first-order valence-corrected chi connectivity index (χ1v) is 7.09. The van der Waals surface area contributed by atoms with Gasteiger partial charge in [-0.25, -0.2) is 0 Å². The van der Waals surface area contributed by atoms with Crippen LogP contribution in [0.3, 0.4) is 0 Å². The van der Waals surface area contributed by atoms with Crippen LogP contribution in [-0.2, 0) is 0 Å². The molecule has 0 saturated carbocycles. The third kappa shape index (κ3) is 3.95. The van der Waals surface area contributed by atoms with Crippen LogP contribution in [-0.4, -0.2) is 12.1 Å². The van der Waals surface area contributed by atoms with Gasteiger partial charge in [-0.3, -0.25) is 4.98 Å². The number of nitrogens with zero attached hydrogens (tertiary/aromatic N) is 1. The minimum atomic E-state index is 0.890. The van der Waals surface area contributed by atoms with Crippen molar-refractivity contribution in [3.63, 3.8) is 0 Å². The summed E-state index contributed by atoms with van der Waals surface area (Å²) >= 11 is 0. The molecular formula is C18H21NO. The van der Waals surface area contributed by atoms with Gasteiger partial charge in [0.1, 0.15) is 5.75 Å². The van der Waals surface area contributed by atoms with E-state index >= 15 is 0 Å². The largest absolute Gasteiger partial charge is 0.497 e. The summed E-state index contributed by atoms with van der Waals surface area (Å²) in [7, 11) is 1.69. The van der Waals surface area contributed by atoms with Gasteiger partial charge in [-0.1, -0.05) is 31.5 Å². The van der Waals surface area contributed by atoms with Crippen LogP contribution in [0.4, 0.5) is 0 Å². The zero-order chi connectivity index (χ0) is 14.2. The summed E-state index contributed by atoms with van der Waals surface area (Å²) in [6, 6.07) is 14.2. The second-order valence-electron chi connectivity index (χ2n) is 4.76. The van der Waals surface area contributed by atoms with Gasteiger partial charge in [0.2, 0.25) is 0 Å². The molecule has 1 aromatic heterocycles. The lowest BCUT2D eigenvalue weighted by Crippen LogP contribution is -1.89. The standard InChI is InChI=1S/C18H21NO/c1-3-4-7-16(14-17-8-5-6-13-19-17)15-9-11-18(20-2)12-10-15/h5-6,8-14H,3-4,7H2,1-2H3/b16-14-. The number of methoxy groups -OCH3 is 1. The Morgan fingerprint density at radius 3 is 2.55 bits per heavy atom. The molecule has 0 amide bonds. The molecular weight excluding hydrogens is 246 g/mol. The fraction of sp³-hybridized carbons (Fsp3) is 0.278. The molecule has 0 aliphatic rings. The lowest BCUT2D eigenvalue weighted by molar-refractivity contribution is 0.415. The van der Waals surface area contributed by atoms with Crippen molar-refractivity contribution in [1.82, 2.24) is 4.98 Å². The van der Waals surface area contributed by atoms with E-state index < -0.39 is 0 Å². The minimum absolute atomic E-state index is 0.890.